The molecule has 0 bridgehead atoms. The first-order valence-electron chi connectivity index (χ1n) is 3.66. The van der Waals surface area contributed by atoms with Gasteiger partial charge < -0.3 is 10.7 Å². The fourth-order valence-corrected chi connectivity index (χ4v) is 1.13. The maximum Gasteiger partial charge on any atom is 0.252 e. The summed E-state index contributed by atoms with van der Waals surface area (Å²) in [6.07, 6.45) is 1.48. The van der Waals surface area contributed by atoms with Gasteiger partial charge in [0, 0.05) is 17.8 Å². The Morgan fingerprint density at radius 3 is 3.08 bits per heavy atom. The van der Waals surface area contributed by atoms with E-state index in [0.29, 0.717) is 10.6 Å². The molecule has 1 unspecified atom stereocenters. The number of hydrogen-bond donors (Lipinski definition) is 2. The lowest BCUT2D eigenvalue weighted by atomic mass is 10.1. The summed E-state index contributed by atoms with van der Waals surface area (Å²) in [5.41, 5.74) is 5.62. The Bertz CT molecular complexity index is 393. The average Bonchev–Trinajstić information content (AvgIpc) is 2.09. The van der Waals surface area contributed by atoms with Gasteiger partial charge in [0.1, 0.15) is 0 Å². The van der Waals surface area contributed by atoms with E-state index in [1.165, 1.54) is 12.3 Å². The zero-order valence-electron chi connectivity index (χ0n) is 6.75. The molecule has 1 atom stereocenters. The highest BCUT2D eigenvalue weighted by atomic mass is 35.5. The van der Waals surface area contributed by atoms with E-state index in [1.54, 1.807) is 0 Å². The molecule has 4 nitrogen and oxygen atoms in total. The second kappa shape index (κ2) is 4.08. The summed E-state index contributed by atoms with van der Waals surface area (Å²) >= 11 is 5.65. The van der Waals surface area contributed by atoms with Crippen molar-refractivity contribution in [1.82, 2.24) is 4.98 Å². The molecule has 0 saturated carbocycles. The maximum atomic E-state index is 11.2. The Kier molecular flexibility index (Phi) is 3.07. The van der Waals surface area contributed by atoms with Gasteiger partial charge in [-0.2, -0.15) is 5.26 Å². The lowest BCUT2D eigenvalue weighted by Gasteiger charge is -2.05. The number of nitriles is 1. The third-order valence-corrected chi connectivity index (χ3v) is 1.83. The highest BCUT2D eigenvalue weighted by Crippen LogP contribution is 2.12. The van der Waals surface area contributed by atoms with E-state index in [2.05, 4.69) is 4.98 Å². The summed E-state index contributed by atoms with van der Waals surface area (Å²) in [4.78, 5) is 13.6. The third kappa shape index (κ3) is 2.31. The molecule has 13 heavy (non-hydrogen) atoms. The van der Waals surface area contributed by atoms with Gasteiger partial charge >= 0.3 is 0 Å². The molecule has 0 fully saturated rings. The van der Waals surface area contributed by atoms with Crippen molar-refractivity contribution in [1.29, 1.82) is 5.26 Å². The number of halogens is 1. The van der Waals surface area contributed by atoms with E-state index in [1.807, 2.05) is 6.07 Å². The summed E-state index contributed by atoms with van der Waals surface area (Å²) in [6.45, 7) is 0. The molecule has 3 N–H and O–H groups in total. The molecule has 5 heteroatoms. The van der Waals surface area contributed by atoms with Gasteiger partial charge in [0.05, 0.1) is 17.5 Å². The fourth-order valence-electron chi connectivity index (χ4n) is 0.957. The van der Waals surface area contributed by atoms with Crippen LogP contribution in [0.25, 0.3) is 0 Å². The van der Waals surface area contributed by atoms with Crippen LogP contribution in [0.3, 0.4) is 0 Å². The van der Waals surface area contributed by atoms with E-state index in [0.717, 1.165) is 0 Å². The molecular weight excluding hydrogens is 190 g/mol. The van der Waals surface area contributed by atoms with Crippen molar-refractivity contribution < 1.29 is 0 Å². The normalized spacial score (nSPS) is 12.1. The summed E-state index contributed by atoms with van der Waals surface area (Å²) in [5.74, 6) is 0. The summed E-state index contributed by atoms with van der Waals surface area (Å²) in [7, 11) is 0. The summed E-state index contributed by atoms with van der Waals surface area (Å²) in [6, 6.07) is 2.79. The molecule has 0 aliphatic carbocycles. The highest BCUT2D eigenvalue weighted by Gasteiger charge is 2.09. The number of aromatic amines is 1. The Morgan fingerprint density at radius 1 is 1.77 bits per heavy atom. The number of aromatic nitrogens is 1. The van der Waals surface area contributed by atoms with E-state index in [9.17, 15) is 4.79 Å². The van der Waals surface area contributed by atoms with Gasteiger partial charge in [-0.15, -0.1) is 0 Å². The number of nitrogens with one attached hydrogen (secondary N) is 1. The van der Waals surface area contributed by atoms with E-state index in [4.69, 9.17) is 22.6 Å². The largest absolute Gasteiger partial charge is 0.327 e. The van der Waals surface area contributed by atoms with Crippen molar-refractivity contribution in [2.24, 2.45) is 5.73 Å². The molecule has 0 spiro atoms. The van der Waals surface area contributed by atoms with Gasteiger partial charge in [-0.05, 0) is 6.07 Å². The molecule has 0 aliphatic heterocycles. The number of nitrogens with zero attached hydrogens (tertiary/aromatic N) is 1. The van der Waals surface area contributed by atoms with E-state index >= 15 is 0 Å². The molecule has 0 amide bonds. The molecular formula is C8H8ClN3O. The van der Waals surface area contributed by atoms with Crippen LogP contribution in [-0.4, -0.2) is 4.98 Å². The third-order valence-electron chi connectivity index (χ3n) is 1.61. The molecule has 0 aliphatic rings. The zero-order chi connectivity index (χ0) is 9.84. The van der Waals surface area contributed by atoms with Crippen LogP contribution in [0.4, 0.5) is 0 Å². The average molecular weight is 198 g/mol. The maximum absolute atomic E-state index is 11.2. The molecule has 1 rings (SSSR count). The van der Waals surface area contributed by atoms with Crippen LogP contribution in [0, 0.1) is 11.3 Å². The molecule has 1 aromatic rings. The summed E-state index contributed by atoms with van der Waals surface area (Å²) < 4.78 is 0. The first-order chi connectivity index (χ1) is 6.15. The number of rotatable bonds is 2. The van der Waals surface area contributed by atoms with Crippen molar-refractivity contribution in [2.75, 3.05) is 0 Å². The van der Waals surface area contributed by atoms with Crippen LogP contribution in [0.2, 0.25) is 5.02 Å². The Morgan fingerprint density at radius 2 is 2.46 bits per heavy atom. The van der Waals surface area contributed by atoms with Crippen molar-refractivity contribution in [3.8, 4) is 6.07 Å². The van der Waals surface area contributed by atoms with Crippen molar-refractivity contribution in [2.45, 2.75) is 12.5 Å². The topological polar surface area (TPSA) is 82.7 Å². The molecule has 1 heterocycles. The van der Waals surface area contributed by atoms with Crippen LogP contribution in [-0.2, 0) is 0 Å². The van der Waals surface area contributed by atoms with E-state index < -0.39 is 6.04 Å². The number of H-pyrrole nitrogens is 1. The SMILES string of the molecule is N#CCC(N)c1cc(Cl)c[nH]c1=O. The predicted molar refractivity (Wildman–Crippen MR) is 49.2 cm³/mol. The highest BCUT2D eigenvalue weighted by molar-refractivity contribution is 6.30. The lowest BCUT2D eigenvalue weighted by molar-refractivity contribution is 0.735. The van der Waals surface area contributed by atoms with Gasteiger partial charge in [0.25, 0.3) is 5.56 Å². The van der Waals surface area contributed by atoms with Crippen molar-refractivity contribution in [3.63, 3.8) is 0 Å². The van der Waals surface area contributed by atoms with Crippen molar-refractivity contribution >= 4 is 11.6 Å². The second-order valence-corrected chi connectivity index (χ2v) is 3.01. The Balaban J connectivity index is 3.07. The van der Waals surface area contributed by atoms with E-state index in [-0.39, 0.29) is 12.0 Å². The first-order valence-corrected chi connectivity index (χ1v) is 4.03. The van der Waals surface area contributed by atoms with Gasteiger partial charge in [-0.1, -0.05) is 11.6 Å². The minimum Gasteiger partial charge on any atom is -0.327 e. The fraction of sp³-hybridized carbons (Fsp3) is 0.250. The Labute approximate surface area is 79.9 Å². The number of nitrogens with two attached hydrogens (primary N) is 1. The zero-order valence-corrected chi connectivity index (χ0v) is 7.51. The predicted octanol–water partition coefficient (Wildman–Crippen LogP) is 0.942. The van der Waals surface area contributed by atoms with Crippen LogP contribution in [0.5, 0.6) is 0 Å². The number of pyridine rings is 1. The number of hydrogen-bond acceptors (Lipinski definition) is 3. The van der Waals surface area contributed by atoms with Crippen LogP contribution in [0.15, 0.2) is 17.1 Å². The smallest absolute Gasteiger partial charge is 0.252 e. The molecule has 0 aromatic carbocycles. The lowest BCUT2D eigenvalue weighted by Crippen LogP contribution is -2.21. The van der Waals surface area contributed by atoms with Gasteiger partial charge in [0.15, 0.2) is 0 Å². The van der Waals surface area contributed by atoms with Gasteiger partial charge in [-0.3, -0.25) is 4.79 Å². The standard InChI is InChI=1S/C8H8ClN3O/c9-5-3-6(7(11)1-2-10)8(13)12-4-5/h3-4,7H,1,11H2,(H,12,13). The minimum atomic E-state index is -0.576. The second-order valence-electron chi connectivity index (χ2n) is 2.57. The van der Waals surface area contributed by atoms with Crippen LogP contribution < -0.4 is 11.3 Å². The summed E-state index contributed by atoms with van der Waals surface area (Å²) in [5, 5.41) is 8.79. The van der Waals surface area contributed by atoms with Gasteiger partial charge in [0.2, 0.25) is 0 Å². The quantitative estimate of drug-likeness (QED) is 0.740. The minimum absolute atomic E-state index is 0.101. The molecule has 1 aromatic heterocycles. The van der Waals surface area contributed by atoms with Crippen LogP contribution >= 0.6 is 11.6 Å². The first kappa shape index (κ1) is 9.78. The molecule has 0 saturated heterocycles. The monoisotopic (exact) mass is 197 g/mol. The molecule has 68 valence electrons. The molecule has 0 radical (unpaired) electrons. The van der Waals surface area contributed by atoms with Crippen LogP contribution in [0.1, 0.15) is 18.0 Å². The van der Waals surface area contributed by atoms with Gasteiger partial charge in [-0.25, -0.2) is 0 Å². The Hall–Kier alpha value is -1.31. The van der Waals surface area contributed by atoms with Crippen molar-refractivity contribution in [3.05, 3.63) is 33.2 Å².